The molecule has 0 aromatic rings. The first-order valence-electron chi connectivity index (χ1n) is 6.57. The lowest BCUT2D eigenvalue weighted by Crippen LogP contribution is -2.39. The first kappa shape index (κ1) is 13.5. The maximum Gasteiger partial charge on any atom is 0.0621 e. The summed E-state index contributed by atoms with van der Waals surface area (Å²) in [6.07, 6.45) is 5.63. The van der Waals surface area contributed by atoms with Gasteiger partial charge in [0.05, 0.1) is 6.07 Å². The second-order valence-corrected chi connectivity index (χ2v) is 4.80. The number of unbranched alkanes of at least 4 members (excludes halogenated alkanes) is 2. The van der Waals surface area contributed by atoms with E-state index in [1.54, 1.807) is 0 Å². The van der Waals surface area contributed by atoms with Gasteiger partial charge in [0, 0.05) is 19.0 Å². The molecule has 1 atom stereocenters. The monoisotopic (exact) mass is 223 g/mol. The quantitative estimate of drug-likeness (QED) is 0.619. The van der Waals surface area contributed by atoms with Crippen LogP contribution in [0.15, 0.2) is 0 Å². The van der Waals surface area contributed by atoms with E-state index >= 15 is 0 Å². The first-order chi connectivity index (χ1) is 7.77. The molecule has 3 heteroatoms. The Morgan fingerprint density at radius 2 is 2.25 bits per heavy atom. The highest BCUT2D eigenvalue weighted by molar-refractivity contribution is 4.80. The SMILES string of the molecule is CCN1CCCC1CN(C)CCCCC#N. The number of hydrogen-bond acceptors (Lipinski definition) is 3. The van der Waals surface area contributed by atoms with Crippen molar-refractivity contribution in [1.82, 2.24) is 9.80 Å². The Morgan fingerprint density at radius 1 is 1.44 bits per heavy atom. The molecule has 0 aromatic heterocycles. The van der Waals surface area contributed by atoms with Gasteiger partial charge in [-0.25, -0.2) is 0 Å². The molecule has 0 spiro atoms. The van der Waals surface area contributed by atoms with Crippen molar-refractivity contribution in [2.75, 3.05) is 33.2 Å². The van der Waals surface area contributed by atoms with Gasteiger partial charge in [-0.15, -0.1) is 0 Å². The molecule has 1 fully saturated rings. The van der Waals surface area contributed by atoms with Gasteiger partial charge in [-0.05, 0) is 52.4 Å². The second kappa shape index (κ2) is 7.65. The lowest BCUT2D eigenvalue weighted by atomic mass is 10.2. The number of nitriles is 1. The van der Waals surface area contributed by atoms with Crippen molar-refractivity contribution in [1.29, 1.82) is 5.26 Å². The van der Waals surface area contributed by atoms with E-state index in [0.29, 0.717) is 6.42 Å². The third-order valence-electron chi connectivity index (χ3n) is 3.51. The van der Waals surface area contributed by atoms with Gasteiger partial charge in [0.2, 0.25) is 0 Å². The average molecular weight is 223 g/mol. The summed E-state index contributed by atoms with van der Waals surface area (Å²) in [4.78, 5) is 5.02. The number of likely N-dealkylation sites (tertiary alicyclic amines) is 1. The zero-order valence-electron chi connectivity index (χ0n) is 10.8. The Kier molecular flexibility index (Phi) is 6.44. The van der Waals surface area contributed by atoms with Crippen LogP contribution in [-0.4, -0.2) is 49.1 Å². The molecule has 0 amide bonds. The van der Waals surface area contributed by atoms with Crippen molar-refractivity contribution in [2.24, 2.45) is 0 Å². The molecule has 1 aliphatic rings. The fourth-order valence-corrected chi connectivity index (χ4v) is 2.56. The predicted octanol–water partition coefficient (Wildman–Crippen LogP) is 2.10. The fourth-order valence-electron chi connectivity index (χ4n) is 2.56. The average Bonchev–Trinajstić information content (AvgIpc) is 2.71. The summed E-state index contributed by atoms with van der Waals surface area (Å²) in [6, 6.07) is 2.97. The van der Waals surface area contributed by atoms with Crippen LogP contribution in [0.2, 0.25) is 0 Å². The molecule has 1 saturated heterocycles. The molecular weight excluding hydrogens is 198 g/mol. The zero-order chi connectivity index (χ0) is 11.8. The third-order valence-corrected chi connectivity index (χ3v) is 3.51. The summed E-state index contributed by atoms with van der Waals surface area (Å²) in [7, 11) is 2.21. The van der Waals surface area contributed by atoms with Crippen LogP contribution >= 0.6 is 0 Å². The molecule has 0 bridgehead atoms. The highest BCUT2D eigenvalue weighted by Gasteiger charge is 2.23. The maximum atomic E-state index is 8.46. The molecule has 0 saturated carbocycles. The van der Waals surface area contributed by atoms with Crippen LogP contribution < -0.4 is 0 Å². The van der Waals surface area contributed by atoms with Gasteiger partial charge < -0.3 is 4.90 Å². The highest BCUT2D eigenvalue weighted by Crippen LogP contribution is 2.17. The van der Waals surface area contributed by atoms with Crippen LogP contribution in [0.1, 0.15) is 39.0 Å². The Labute approximate surface area is 100 Å². The van der Waals surface area contributed by atoms with E-state index in [0.717, 1.165) is 25.4 Å². The summed E-state index contributed by atoms with van der Waals surface area (Å²) in [6.45, 7) is 7.05. The smallest absolute Gasteiger partial charge is 0.0621 e. The van der Waals surface area contributed by atoms with Crippen LogP contribution in [-0.2, 0) is 0 Å². The predicted molar refractivity (Wildman–Crippen MR) is 67.2 cm³/mol. The van der Waals surface area contributed by atoms with Gasteiger partial charge in [-0.1, -0.05) is 6.92 Å². The first-order valence-corrected chi connectivity index (χ1v) is 6.57. The number of hydrogen-bond donors (Lipinski definition) is 0. The Bertz CT molecular complexity index is 222. The number of nitrogens with zero attached hydrogens (tertiary/aromatic N) is 3. The Hall–Kier alpha value is -0.590. The summed E-state index contributed by atoms with van der Waals surface area (Å²) in [5, 5.41) is 8.46. The summed E-state index contributed by atoms with van der Waals surface area (Å²) in [5.41, 5.74) is 0. The van der Waals surface area contributed by atoms with Crippen molar-refractivity contribution < 1.29 is 0 Å². The molecule has 0 aliphatic carbocycles. The van der Waals surface area contributed by atoms with Crippen molar-refractivity contribution in [2.45, 2.75) is 45.1 Å². The minimum atomic E-state index is 0.707. The molecule has 1 aliphatic heterocycles. The molecule has 3 nitrogen and oxygen atoms in total. The lowest BCUT2D eigenvalue weighted by molar-refractivity contribution is 0.197. The van der Waals surface area contributed by atoms with Gasteiger partial charge in [-0.3, -0.25) is 4.90 Å². The van der Waals surface area contributed by atoms with E-state index in [2.05, 4.69) is 29.8 Å². The fraction of sp³-hybridized carbons (Fsp3) is 0.923. The van der Waals surface area contributed by atoms with Crippen molar-refractivity contribution in [3.05, 3.63) is 0 Å². The van der Waals surface area contributed by atoms with Crippen molar-refractivity contribution >= 4 is 0 Å². The van der Waals surface area contributed by atoms with Gasteiger partial charge in [0.1, 0.15) is 0 Å². The van der Waals surface area contributed by atoms with E-state index in [1.807, 2.05) is 0 Å². The molecular formula is C13H25N3. The Balaban J connectivity index is 2.13. The molecule has 0 N–H and O–H groups in total. The molecule has 92 valence electrons. The second-order valence-electron chi connectivity index (χ2n) is 4.80. The number of rotatable bonds is 7. The molecule has 1 heterocycles. The van der Waals surface area contributed by atoms with Crippen LogP contribution in [0, 0.1) is 11.3 Å². The standard InChI is InChI=1S/C13H25N3/c1-3-16-11-7-8-13(16)12-15(2)10-6-4-5-9-14/h13H,3-8,10-12H2,1-2H3. The molecule has 1 unspecified atom stereocenters. The third kappa shape index (κ3) is 4.51. The van der Waals surface area contributed by atoms with Crippen LogP contribution in [0.3, 0.4) is 0 Å². The van der Waals surface area contributed by atoms with Crippen LogP contribution in [0.25, 0.3) is 0 Å². The summed E-state index contributed by atoms with van der Waals surface area (Å²) in [5.74, 6) is 0. The maximum absolute atomic E-state index is 8.46. The minimum absolute atomic E-state index is 0.707. The summed E-state index contributed by atoms with van der Waals surface area (Å²) < 4.78 is 0. The molecule has 16 heavy (non-hydrogen) atoms. The van der Waals surface area contributed by atoms with Crippen molar-refractivity contribution in [3.8, 4) is 6.07 Å². The van der Waals surface area contributed by atoms with E-state index in [-0.39, 0.29) is 0 Å². The van der Waals surface area contributed by atoms with Crippen LogP contribution in [0.5, 0.6) is 0 Å². The van der Waals surface area contributed by atoms with Gasteiger partial charge in [0.25, 0.3) is 0 Å². The highest BCUT2D eigenvalue weighted by atomic mass is 15.2. The minimum Gasteiger partial charge on any atom is -0.305 e. The van der Waals surface area contributed by atoms with Crippen LogP contribution in [0.4, 0.5) is 0 Å². The van der Waals surface area contributed by atoms with E-state index in [4.69, 9.17) is 5.26 Å². The van der Waals surface area contributed by atoms with E-state index in [1.165, 1.54) is 32.5 Å². The zero-order valence-corrected chi connectivity index (χ0v) is 10.8. The molecule has 1 rings (SSSR count). The lowest BCUT2D eigenvalue weighted by Gasteiger charge is -2.27. The Morgan fingerprint density at radius 3 is 2.94 bits per heavy atom. The van der Waals surface area contributed by atoms with E-state index < -0.39 is 0 Å². The normalized spacial score (nSPS) is 21.5. The van der Waals surface area contributed by atoms with Crippen molar-refractivity contribution in [3.63, 3.8) is 0 Å². The number of likely N-dealkylation sites (N-methyl/N-ethyl adjacent to an activating group) is 2. The van der Waals surface area contributed by atoms with E-state index in [9.17, 15) is 0 Å². The van der Waals surface area contributed by atoms with Gasteiger partial charge in [-0.2, -0.15) is 5.26 Å². The molecule has 0 aromatic carbocycles. The van der Waals surface area contributed by atoms with Gasteiger partial charge in [0.15, 0.2) is 0 Å². The largest absolute Gasteiger partial charge is 0.305 e. The van der Waals surface area contributed by atoms with Gasteiger partial charge >= 0.3 is 0 Å². The molecule has 0 radical (unpaired) electrons. The topological polar surface area (TPSA) is 30.3 Å². The summed E-state index contributed by atoms with van der Waals surface area (Å²) >= 11 is 0.